The Kier molecular flexibility index (Phi) is 4.70. The maximum Gasteiger partial charge on any atom is 0.416 e. The normalized spacial score (nSPS) is 24.6. The highest BCUT2D eigenvalue weighted by Crippen LogP contribution is 2.45. The maximum absolute atomic E-state index is 13.4. The number of alkyl halides is 3. The molecule has 3 aliphatic heterocycles. The number of anilines is 1. The zero-order valence-corrected chi connectivity index (χ0v) is 16.0. The van der Waals surface area contributed by atoms with Gasteiger partial charge in [-0.2, -0.15) is 13.2 Å². The van der Waals surface area contributed by atoms with Crippen LogP contribution in [0.4, 0.5) is 19.1 Å². The molecular formula is C21H23F3N4O. The highest BCUT2D eigenvalue weighted by molar-refractivity contribution is 5.38. The molecule has 0 amide bonds. The van der Waals surface area contributed by atoms with Crippen molar-refractivity contribution in [3.63, 3.8) is 0 Å². The molecule has 1 aromatic carbocycles. The lowest BCUT2D eigenvalue weighted by atomic mass is 9.97. The zero-order chi connectivity index (χ0) is 20.0. The van der Waals surface area contributed by atoms with Gasteiger partial charge >= 0.3 is 6.18 Å². The number of ether oxygens (including phenoxy) is 1. The number of nitrogens with zero attached hydrogens (tertiary/aromatic N) is 4. The van der Waals surface area contributed by atoms with Crippen molar-refractivity contribution in [3.05, 3.63) is 52.8 Å². The third-order valence-electron chi connectivity index (χ3n) is 6.29. The fraction of sp³-hybridized carbons (Fsp3) is 0.524. The predicted octanol–water partition coefficient (Wildman–Crippen LogP) is 3.59. The van der Waals surface area contributed by atoms with Gasteiger partial charge < -0.3 is 9.64 Å². The molecule has 8 heteroatoms. The minimum atomic E-state index is -4.33. The largest absolute Gasteiger partial charge is 0.416 e. The van der Waals surface area contributed by atoms with Gasteiger partial charge in [-0.3, -0.25) is 4.90 Å². The molecule has 0 radical (unpaired) electrons. The van der Waals surface area contributed by atoms with E-state index >= 15 is 0 Å². The van der Waals surface area contributed by atoms with Gasteiger partial charge in [-0.1, -0.05) is 18.2 Å². The molecule has 2 saturated heterocycles. The van der Waals surface area contributed by atoms with E-state index in [2.05, 4.69) is 14.8 Å². The van der Waals surface area contributed by atoms with Crippen molar-refractivity contribution in [1.29, 1.82) is 0 Å². The summed E-state index contributed by atoms with van der Waals surface area (Å²) in [5, 5.41) is 0. The number of hydrogen-bond acceptors (Lipinski definition) is 5. The molecule has 0 aliphatic carbocycles. The average Bonchev–Trinajstić information content (AvgIpc) is 3.00. The highest BCUT2D eigenvalue weighted by Gasteiger charge is 2.42. The average molecular weight is 404 g/mol. The molecule has 2 unspecified atom stereocenters. The van der Waals surface area contributed by atoms with Crippen LogP contribution < -0.4 is 4.90 Å². The van der Waals surface area contributed by atoms with E-state index < -0.39 is 11.7 Å². The van der Waals surface area contributed by atoms with E-state index in [0.717, 1.165) is 49.6 Å². The van der Waals surface area contributed by atoms with Gasteiger partial charge in [0.15, 0.2) is 0 Å². The van der Waals surface area contributed by atoms with Gasteiger partial charge in [-0.25, -0.2) is 9.97 Å². The van der Waals surface area contributed by atoms with Crippen LogP contribution in [0.3, 0.4) is 0 Å². The number of hydrogen-bond donors (Lipinski definition) is 0. The molecular weight excluding hydrogens is 381 g/mol. The van der Waals surface area contributed by atoms with E-state index in [1.165, 1.54) is 12.1 Å². The Balaban J connectivity index is 1.41. The van der Waals surface area contributed by atoms with Crippen LogP contribution in [0.1, 0.15) is 41.3 Å². The van der Waals surface area contributed by atoms with E-state index in [0.29, 0.717) is 25.3 Å². The van der Waals surface area contributed by atoms with E-state index in [1.54, 1.807) is 12.1 Å². The second kappa shape index (κ2) is 7.25. The van der Waals surface area contributed by atoms with Crippen LogP contribution in [0, 0.1) is 0 Å². The summed E-state index contributed by atoms with van der Waals surface area (Å²) in [6, 6.07) is 6.21. The summed E-state index contributed by atoms with van der Waals surface area (Å²) < 4.78 is 45.7. The molecule has 5 rings (SSSR count). The molecule has 0 N–H and O–H groups in total. The molecule has 3 aliphatic rings. The van der Waals surface area contributed by atoms with Crippen LogP contribution in [-0.4, -0.2) is 47.2 Å². The minimum absolute atomic E-state index is 0.0868. The van der Waals surface area contributed by atoms with Gasteiger partial charge in [0.05, 0.1) is 24.5 Å². The molecule has 2 bridgehead atoms. The van der Waals surface area contributed by atoms with Crippen LogP contribution in [0.25, 0.3) is 0 Å². The van der Waals surface area contributed by atoms with Gasteiger partial charge in [0.1, 0.15) is 0 Å². The van der Waals surface area contributed by atoms with E-state index in [-0.39, 0.29) is 12.1 Å². The Bertz CT molecular complexity index is 898. The minimum Gasteiger partial charge on any atom is -0.378 e. The second-order valence-corrected chi connectivity index (χ2v) is 7.95. The predicted molar refractivity (Wildman–Crippen MR) is 102 cm³/mol. The first kappa shape index (κ1) is 18.8. The fourth-order valence-corrected chi connectivity index (χ4v) is 4.86. The number of rotatable bonds is 3. The van der Waals surface area contributed by atoms with Crippen LogP contribution in [0.5, 0.6) is 0 Å². The quantitative estimate of drug-likeness (QED) is 0.782. The summed E-state index contributed by atoms with van der Waals surface area (Å²) in [5.74, 6) is 0.738. The molecule has 0 saturated carbocycles. The van der Waals surface area contributed by atoms with Crippen molar-refractivity contribution in [2.75, 3.05) is 31.2 Å². The second-order valence-electron chi connectivity index (χ2n) is 7.95. The van der Waals surface area contributed by atoms with E-state index in [1.807, 2.05) is 6.20 Å². The Labute approximate surface area is 167 Å². The van der Waals surface area contributed by atoms with Gasteiger partial charge in [0.25, 0.3) is 0 Å². The lowest BCUT2D eigenvalue weighted by Crippen LogP contribution is -2.40. The maximum atomic E-state index is 13.4. The molecule has 5 nitrogen and oxygen atoms in total. The topological polar surface area (TPSA) is 41.5 Å². The summed E-state index contributed by atoms with van der Waals surface area (Å²) in [6.07, 6.45) is 0.232. The van der Waals surface area contributed by atoms with Crippen molar-refractivity contribution in [2.24, 2.45) is 0 Å². The van der Waals surface area contributed by atoms with Crippen LogP contribution in [-0.2, 0) is 23.9 Å². The fourth-order valence-electron chi connectivity index (χ4n) is 4.86. The van der Waals surface area contributed by atoms with Crippen molar-refractivity contribution in [2.45, 2.75) is 44.1 Å². The Hall–Kier alpha value is -2.19. The van der Waals surface area contributed by atoms with Crippen molar-refractivity contribution < 1.29 is 17.9 Å². The van der Waals surface area contributed by atoms with Crippen LogP contribution in [0.15, 0.2) is 30.5 Å². The third-order valence-corrected chi connectivity index (χ3v) is 6.29. The first-order valence-corrected chi connectivity index (χ1v) is 10.1. The number of benzene rings is 1. The zero-order valence-electron chi connectivity index (χ0n) is 16.0. The Morgan fingerprint density at radius 3 is 2.69 bits per heavy atom. The van der Waals surface area contributed by atoms with Crippen LogP contribution in [0.2, 0.25) is 0 Å². The summed E-state index contributed by atoms with van der Waals surface area (Å²) in [6.45, 7) is 3.23. The Morgan fingerprint density at radius 2 is 1.90 bits per heavy atom. The third kappa shape index (κ3) is 3.48. The smallest absolute Gasteiger partial charge is 0.378 e. The van der Waals surface area contributed by atoms with E-state index in [9.17, 15) is 13.2 Å². The Morgan fingerprint density at radius 1 is 1.10 bits per heavy atom. The summed E-state index contributed by atoms with van der Waals surface area (Å²) >= 11 is 0. The summed E-state index contributed by atoms with van der Waals surface area (Å²) in [4.78, 5) is 13.8. The lowest BCUT2D eigenvalue weighted by Gasteiger charge is -2.36. The number of halogens is 3. The lowest BCUT2D eigenvalue weighted by molar-refractivity contribution is -0.138. The first-order valence-electron chi connectivity index (χ1n) is 10.1. The molecule has 0 spiro atoms. The first-order chi connectivity index (χ1) is 14.0. The van der Waals surface area contributed by atoms with E-state index in [4.69, 9.17) is 9.72 Å². The molecule has 29 heavy (non-hydrogen) atoms. The van der Waals surface area contributed by atoms with Crippen molar-refractivity contribution in [3.8, 4) is 0 Å². The standard InChI is InChI=1S/C21H23F3N4O/c22-21(23,24)17-4-2-1-3-14(17)13-28-15-5-6-19(28)16-12-25-20(26-18(16)11-15)27-7-9-29-10-8-27/h1-4,12,15,19H,5-11,13H2. The van der Waals surface area contributed by atoms with Gasteiger partial charge in [0, 0.05) is 49.9 Å². The summed E-state index contributed by atoms with van der Waals surface area (Å²) in [5.41, 5.74) is 1.92. The van der Waals surface area contributed by atoms with Crippen molar-refractivity contribution >= 4 is 5.95 Å². The van der Waals surface area contributed by atoms with Gasteiger partial charge in [0.2, 0.25) is 5.95 Å². The molecule has 2 fully saturated rings. The molecule has 4 heterocycles. The molecule has 2 atom stereocenters. The SMILES string of the molecule is FC(F)(F)c1ccccc1CN1C2CCC1c1cnc(N3CCOCC3)nc1C2. The molecule has 1 aromatic heterocycles. The number of morpholine rings is 1. The monoisotopic (exact) mass is 404 g/mol. The highest BCUT2D eigenvalue weighted by atomic mass is 19.4. The van der Waals surface area contributed by atoms with Gasteiger partial charge in [-0.15, -0.1) is 0 Å². The van der Waals surface area contributed by atoms with Gasteiger partial charge in [-0.05, 0) is 24.5 Å². The summed E-state index contributed by atoms with van der Waals surface area (Å²) in [7, 11) is 0. The van der Waals surface area contributed by atoms with Crippen molar-refractivity contribution in [1.82, 2.24) is 14.9 Å². The van der Waals surface area contributed by atoms with Crippen LogP contribution >= 0.6 is 0 Å². The number of aromatic nitrogens is 2. The number of fused-ring (bicyclic) bond motifs is 4. The molecule has 154 valence electrons. The molecule has 2 aromatic rings.